The van der Waals surface area contributed by atoms with Gasteiger partial charge in [0.25, 0.3) is 0 Å². The van der Waals surface area contributed by atoms with Gasteiger partial charge >= 0.3 is 0 Å². The number of benzene rings is 2. The van der Waals surface area contributed by atoms with E-state index < -0.39 is 0 Å². The van der Waals surface area contributed by atoms with E-state index in [0.717, 1.165) is 12.0 Å². The molecule has 19 heavy (non-hydrogen) atoms. The number of hydrogen-bond donors (Lipinski definition) is 2. The molecule has 0 aliphatic carbocycles. The molecular formula is C15H16Cl2N2. The molecule has 0 fully saturated rings. The highest BCUT2D eigenvalue weighted by atomic mass is 35.5. The molecule has 0 amide bonds. The van der Waals surface area contributed by atoms with Crippen molar-refractivity contribution in [2.75, 3.05) is 0 Å². The van der Waals surface area contributed by atoms with Crippen LogP contribution in [0, 0.1) is 6.92 Å². The van der Waals surface area contributed by atoms with E-state index in [0.29, 0.717) is 10.0 Å². The van der Waals surface area contributed by atoms with Crippen LogP contribution in [0.3, 0.4) is 0 Å². The van der Waals surface area contributed by atoms with E-state index in [4.69, 9.17) is 29.0 Å². The predicted molar refractivity (Wildman–Crippen MR) is 81.4 cm³/mol. The van der Waals surface area contributed by atoms with Gasteiger partial charge in [-0.25, -0.2) is 0 Å². The number of nitrogens with one attached hydrogen (secondary N) is 1. The van der Waals surface area contributed by atoms with Crippen molar-refractivity contribution in [2.45, 2.75) is 19.4 Å². The number of aryl methyl sites for hydroxylation is 1. The summed E-state index contributed by atoms with van der Waals surface area (Å²) >= 11 is 12.2. The van der Waals surface area contributed by atoms with Gasteiger partial charge in [0.2, 0.25) is 0 Å². The Hall–Kier alpha value is -1.06. The third kappa shape index (κ3) is 3.71. The largest absolute Gasteiger partial charge is 0.271 e. The molecule has 0 saturated carbocycles. The molecule has 0 aliphatic heterocycles. The lowest BCUT2D eigenvalue weighted by Gasteiger charge is -2.18. The molecule has 0 saturated heterocycles. The zero-order chi connectivity index (χ0) is 13.8. The highest BCUT2D eigenvalue weighted by Gasteiger charge is 2.14. The lowest BCUT2D eigenvalue weighted by Crippen LogP contribution is -2.29. The Morgan fingerprint density at radius 1 is 1.11 bits per heavy atom. The number of hydrazine groups is 1. The van der Waals surface area contributed by atoms with Crippen LogP contribution in [0.25, 0.3) is 0 Å². The minimum Gasteiger partial charge on any atom is -0.271 e. The summed E-state index contributed by atoms with van der Waals surface area (Å²) in [5, 5.41) is 1.32. The maximum absolute atomic E-state index is 6.21. The van der Waals surface area contributed by atoms with Crippen LogP contribution in [0.2, 0.25) is 10.0 Å². The van der Waals surface area contributed by atoms with Gasteiger partial charge in [-0.2, -0.15) is 0 Å². The molecule has 0 bridgehead atoms. The fourth-order valence-corrected chi connectivity index (χ4v) is 2.43. The molecule has 4 heteroatoms. The number of hydrogen-bond acceptors (Lipinski definition) is 2. The minimum absolute atomic E-state index is 0.0612. The van der Waals surface area contributed by atoms with Crippen LogP contribution in [0.1, 0.15) is 22.7 Å². The molecule has 3 N–H and O–H groups in total. The average Bonchev–Trinajstić information content (AvgIpc) is 2.41. The summed E-state index contributed by atoms with van der Waals surface area (Å²) in [6, 6.07) is 13.7. The third-order valence-electron chi connectivity index (χ3n) is 3.10. The normalized spacial score (nSPS) is 12.4. The zero-order valence-corrected chi connectivity index (χ0v) is 12.2. The van der Waals surface area contributed by atoms with E-state index in [2.05, 4.69) is 36.6 Å². The molecule has 0 radical (unpaired) electrons. The second kappa shape index (κ2) is 6.40. The Balaban J connectivity index is 2.24. The summed E-state index contributed by atoms with van der Waals surface area (Å²) in [5.74, 6) is 5.65. The van der Waals surface area contributed by atoms with Crippen LogP contribution >= 0.6 is 23.2 Å². The monoisotopic (exact) mass is 294 g/mol. The van der Waals surface area contributed by atoms with Crippen LogP contribution in [-0.2, 0) is 6.42 Å². The Bertz CT molecular complexity index is 553. The first-order valence-electron chi connectivity index (χ1n) is 6.07. The summed E-state index contributed by atoms with van der Waals surface area (Å²) in [7, 11) is 0. The molecule has 2 rings (SSSR count). The molecule has 1 unspecified atom stereocenters. The van der Waals surface area contributed by atoms with Gasteiger partial charge in [-0.15, -0.1) is 0 Å². The lowest BCUT2D eigenvalue weighted by molar-refractivity contribution is 0.552. The molecule has 0 heterocycles. The summed E-state index contributed by atoms with van der Waals surface area (Å²) in [5.41, 5.74) is 6.16. The summed E-state index contributed by atoms with van der Waals surface area (Å²) in [6.07, 6.45) is 0.761. The first-order valence-corrected chi connectivity index (χ1v) is 6.82. The molecule has 2 aromatic carbocycles. The Kier molecular flexibility index (Phi) is 4.83. The lowest BCUT2D eigenvalue weighted by atomic mass is 9.99. The smallest absolute Gasteiger partial charge is 0.0515 e. The van der Waals surface area contributed by atoms with Crippen LogP contribution in [-0.4, -0.2) is 0 Å². The van der Waals surface area contributed by atoms with E-state index >= 15 is 0 Å². The summed E-state index contributed by atoms with van der Waals surface area (Å²) in [6.45, 7) is 2.07. The minimum atomic E-state index is -0.0612. The van der Waals surface area contributed by atoms with Crippen molar-refractivity contribution in [2.24, 2.45) is 5.84 Å². The maximum Gasteiger partial charge on any atom is 0.0515 e. The quantitative estimate of drug-likeness (QED) is 0.659. The highest BCUT2D eigenvalue weighted by molar-refractivity contribution is 6.33. The maximum atomic E-state index is 6.21. The summed E-state index contributed by atoms with van der Waals surface area (Å²) in [4.78, 5) is 0. The number of nitrogens with two attached hydrogens (primary N) is 1. The average molecular weight is 295 g/mol. The van der Waals surface area contributed by atoms with Crippen molar-refractivity contribution in [1.82, 2.24) is 5.43 Å². The van der Waals surface area contributed by atoms with Crippen molar-refractivity contribution < 1.29 is 0 Å². The topological polar surface area (TPSA) is 38.0 Å². The molecular weight excluding hydrogens is 279 g/mol. The van der Waals surface area contributed by atoms with Crippen LogP contribution in [0.4, 0.5) is 0 Å². The zero-order valence-electron chi connectivity index (χ0n) is 10.7. The van der Waals surface area contributed by atoms with E-state index in [1.54, 1.807) is 12.1 Å². The van der Waals surface area contributed by atoms with Crippen molar-refractivity contribution in [1.29, 1.82) is 0 Å². The van der Waals surface area contributed by atoms with Gasteiger partial charge in [-0.3, -0.25) is 11.3 Å². The predicted octanol–water partition coefficient (Wildman–Crippen LogP) is 4.05. The van der Waals surface area contributed by atoms with Gasteiger partial charge in [-0.05, 0) is 42.7 Å². The van der Waals surface area contributed by atoms with Gasteiger partial charge in [0.15, 0.2) is 0 Å². The fraction of sp³-hybridized carbons (Fsp3) is 0.200. The van der Waals surface area contributed by atoms with Crippen molar-refractivity contribution >= 4 is 23.2 Å². The standard InChI is InChI=1S/C15H16Cl2N2/c1-10-2-4-11(5-3-10)8-15(19-18)13-9-12(16)6-7-14(13)17/h2-7,9,15,19H,8,18H2,1H3. The van der Waals surface area contributed by atoms with Crippen molar-refractivity contribution in [3.63, 3.8) is 0 Å². The number of halogens is 2. The van der Waals surface area contributed by atoms with Gasteiger partial charge in [0.1, 0.15) is 0 Å². The van der Waals surface area contributed by atoms with Crippen LogP contribution in [0.5, 0.6) is 0 Å². The van der Waals surface area contributed by atoms with Gasteiger partial charge in [0, 0.05) is 10.0 Å². The van der Waals surface area contributed by atoms with Crippen LogP contribution < -0.4 is 11.3 Å². The number of rotatable bonds is 4. The Labute approximate surface area is 123 Å². The fourth-order valence-electron chi connectivity index (χ4n) is 2.00. The molecule has 0 aromatic heterocycles. The third-order valence-corrected chi connectivity index (χ3v) is 3.67. The van der Waals surface area contributed by atoms with E-state index in [1.807, 2.05) is 6.07 Å². The molecule has 0 spiro atoms. The van der Waals surface area contributed by atoms with Crippen LogP contribution in [0.15, 0.2) is 42.5 Å². The molecule has 100 valence electrons. The Morgan fingerprint density at radius 2 is 1.79 bits per heavy atom. The van der Waals surface area contributed by atoms with E-state index in [9.17, 15) is 0 Å². The summed E-state index contributed by atoms with van der Waals surface area (Å²) < 4.78 is 0. The van der Waals surface area contributed by atoms with E-state index in [-0.39, 0.29) is 6.04 Å². The van der Waals surface area contributed by atoms with E-state index in [1.165, 1.54) is 11.1 Å². The second-order valence-electron chi connectivity index (χ2n) is 4.57. The molecule has 1 atom stereocenters. The molecule has 2 aromatic rings. The Morgan fingerprint density at radius 3 is 2.42 bits per heavy atom. The van der Waals surface area contributed by atoms with Crippen molar-refractivity contribution in [3.05, 3.63) is 69.2 Å². The van der Waals surface area contributed by atoms with Gasteiger partial charge in [-0.1, -0.05) is 53.0 Å². The van der Waals surface area contributed by atoms with Crippen molar-refractivity contribution in [3.8, 4) is 0 Å². The van der Waals surface area contributed by atoms with Gasteiger partial charge < -0.3 is 0 Å². The second-order valence-corrected chi connectivity index (χ2v) is 5.42. The SMILES string of the molecule is Cc1ccc(CC(NN)c2cc(Cl)ccc2Cl)cc1. The first-order chi connectivity index (χ1) is 9.10. The molecule has 0 aliphatic rings. The van der Waals surface area contributed by atoms with Gasteiger partial charge in [0.05, 0.1) is 6.04 Å². The molecule has 2 nitrogen and oxygen atoms in total. The first kappa shape index (κ1) is 14.4. The highest BCUT2D eigenvalue weighted by Crippen LogP contribution is 2.28.